The SMILES string of the molecule is Cc1ccc(/C=C/C(=O)Nc2c(Cl)cccc2Cl)o1. The fourth-order valence-corrected chi connectivity index (χ4v) is 1.97. The largest absolute Gasteiger partial charge is 0.462 e. The molecule has 0 atom stereocenters. The molecule has 1 amide bonds. The minimum atomic E-state index is -0.330. The van der Waals surface area contributed by atoms with Crippen LogP contribution in [0, 0.1) is 6.92 Å². The zero-order chi connectivity index (χ0) is 13.8. The summed E-state index contributed by atoms with van der Waals surface area (Å²) in [5, 5.41) is 3.41. The van der Waals surface area contributed by atoms with Crippen LogP contribution in [0.3, 0.4) is 0 Å². The first kappa shape index (κ1) is 13.7. The van der Waals surface area contributed by atoms with Crippen molar-refractivity contribution in [1.29, 1.82) is 0 Å². The highest BCUT2D eigenvalue weighted by Crippen LogP contribution is 2.29. The number of halogens is 2. The number of hydrogen-bond acceptors (Lipinski definition) is 2. The van der Waals surface area contributed by atoms with Crippen LogP contribution in [0.1, 0.15) is 11.5 Å². The van der Waals surface area contributed by atoms with Crippen LogP contribution in [-0.2, 0) is 4.79 Å². The molecule has 3 nitrogen and oxygen atoms in total. The van der Waals surface area contributed by atoms with Crippen LogP contribution < -0.4 is 5.32 Å². The van der Waals surface area contributed by atoms with E-state index < -0.39 is 0 Å². The Kier molecular flexibility index (Phi) is 4.30. The number of furan rings is 1. The standard InChI is InChI=1S/C14H11Cl2NO2/c1-9-5-6-10(19-9)7-8-13(18)17-14-11(15)3-2-4-12(14)16/h2-8H,1H3,(H,17,18)/b8-7+. The maximum Gasteiger partial charge on any atom is 0.248 e. The number of hydrogen-bond donors (Lipinski definition) is 1. The van der Waals surface area contributed by atoms with Crippen molar-refractivity contribution in [3.05, 3.63) is 58.0 Å². The van der Waals surface area contributed by atoms with Gasteiger partial charge in [-0.15, -0.1) is 0 Å². The molecular weight excluding hydrogens is 285 g/mol. The molecule has 5 heteroatoms. The highest BCUT2D eigenvalue weighted by Gasteiger charge is 2.07. The molecule has 0 spiro atoms. The molecule has 19 heavy (non-hydrogen) atoms. The predicted molar refractivity (Wildman–Crippen MR) is 77.6 cm³/mol. The summed E-state index contributed by atoms with van der Waals surface area (Å²) in [5.74, 6) is 1.07. The van der Waals surface area contributed by atoms with Crippen molar-refractivity contribution < 1.29 is 9.21 Å². The van der Waals surface area contributed by atoms with E-state index in [9.17, 15) is 4.79 Å². The Balaban J connectivity index is 2.07. The minimum absolute atomic E-state index is 0.330. The average molecular weight is 296 g/mol. The van der Waals surface area contributed by atoms with Crippen molar-refractivity contribution in [2.45, 2.75) is 6.92 Å². The van der Waals surface area contributed by atoms with Crippen LogP contribution in [0.5, 0.6) is 0 Å². The summed E-state index contributed by atoms with van der Waals surface area (Å²) in [6.07, 6.45) is 2.94. The third-order valence-electron chi connectivity index (χ3n) is 2.37. The molecule has 0 saturated heterocycles. The highest BCUT2D eigenvalue weighted by atomic mass is 35.5. The second-order valence-corrected chi connectivity index (χ2v) is 4.68. The molecule has 2 rings (SSSR count). The van der Waals surface area contributed by atoms with Crippen molar-refractivity contribution in [3.8, 4) is 0 Å². The van der Waals surface area contributed by atoms with Gasteiger partial charge in [0.05, 0.1) is 15.7 Å². The molecule has 1 aromatic heterocycles. The van der Waals surface area contributed by atoms with Gasteiger partial charge < -0.3 is 9.73 Å². The third-order valence-corrected chi connectivity index (χ3v) is 3.00. The molecule has 2 aromatic rings. The second-order valence-electron chi connectivity index (χ2n) is 3.87. The molecule has 0 fully saturated rings. The summed E-state index contributed by atoms with van der Waals surface area (Å²) in [6.45, 7) is 1.83. The maximum absolute atomic E-state index is 11.7. The van der Waals surface area contributed by atoms with E-state index in [1.807, 2.05) is 13.0 Å². The molecule has 1 N–H and O–H groups in total. The number of rotatable bonds is 3. The summed E-state index contributed by atoms with van der Waals surface area (Å²) in [5.41, 5.74) is 0.399. The monoisotopic (exact) mass is 295 g/mol. The summed E-state index contributed by atoms with van der Waals surface area (Å²) in [7, 11) is 0. The van der Waals surface area contributed by atoms with E-state index in [1.165, 1.54) is 6.08 Å². The van der Waals surface area contributed by atoms with E-state index in [4.69, 9.17) is 27.6 Å². The van der Waals surface area contributed by atoms with Crippen LogP contribution in [0.15, 0.2) is 40.8 Å². The molecule has 0 aliphatic carbocycles. The van der Waals surface area contributed by atoms with Crippen LogP contribution >= 0.6 is 23.2 Å². The van der Waals surface area contributed by atoms with Crippen molar-refractivity contribution in [2.75, 3.05) is 5.32 Å². The lowest BCUT2D eigenvalue weighted by molar-refractivity contribution is -0.111. The van der Waals surface area contributed by atoms with Gasteiger partial charge >= 0.3 is 0 Å². The lowest BCUT2D eigenvalue weighted by Crippen LogP contribution is -2.08. The molecule has 98 valence electrons. The first-order valence-corrected chi connectivity index (χ1v) is 6.31. The van der Waals surface area contributed by atoms with Crippen LogP contribution in [0.25, 0.3) is 6.08 Å². The van der Waals surface area contributed by atoms with Crippen LogP contribution in [0.4, 0.5) is 5.69 Å². The van der Waals surface area contributed by atoms with Gasteiger partial charge in [-0.1, -0.05) is 29.3 Å². The molecule has 0 aliphatic heterocycles. The Hall–Kier alpha value is -1.71. The van der Waals surface area contributed by atoms with E-state index in [2.05, 4.69) is 5.32 Å². The van der Waals surface area contributed by atoms with Gasteiger partial charge in [-0.3, -0.25) is 4.79 Å². The Labute approximate surface area is 120 Å². The summed E-state index contributed by atoms with van der Waals surface area (Å²) < 4.78 is 5.31. The van der Waals surface area contributed by atoms with E-state index >= 15 is 0 Å². The van der Waals surface area contributed by atoms with E-state index in [0.29, 0.717) is 21.5 Å². The molecule has 1 heterocycles. The van der Waals surface area contributed by atoms with E-state index in [1.54, 1.807) is 30.3 Å². The Morgan fingerprint density at radius 1 is 1.21 bits per heavy atom. The lowest BCUT2D eigenvalue weighted by Gasteiger charge is -2.06. The summed E-state index contributed by atoms with van der Waals surface area (Å²) >= 11 is 11.9. The first-order valence-electron chi connectivity index (χ1n) is 5.56. The molecule has 1 aromatic carbocycles. The zero-order valence-corrected chi connectivity index (χ0v) is 11.6. The smallest absolute Gasteiger partial charge is 0.248 e. The topological polar surface area (TPSA) is 42.2 Å². The molecule has 0 unspecified atom stereocenters. The maximum atomic E-state index is 11.7. The minimum Gasteiger partial charge on any atom is -0.462 e. The second kappa shape index (κ2) is 5.95. The first-order chi connectivity index (χ1) is 9.06. The number of aryl methyl sites for hydroxylation is 1. The molecular formula is C14H11Cl2NO2. The van der Waals surface area contributed by atoms with E-state index in [-0.39, 0.29) is 5.91 Å². The van der Waals surface area contributed by atoms with E-state index in [0.717, 1.165) is 5.76 Å². The molecule has 0 aliphatic rings. The average Bonchev–Trinajstić information content (AvgIpc) is 2.77. The molecule has 0 radical (unpaired) electrons. The van der Waals surface area contributed by atoms with Gasteiger partial charge in [0.25, 0.3) is 0 Å². The van der Waals surface area contributed by atoms with Crippen molar-refractivity contribution in [1.82, 2.24) is 0 Å². The summed E-state index contributed by atoms with van der Waals surface area (Å²) in [6, 6.07) is 8.62. The summed E-state index contributed by atoms with van der Waals surface area (Å²) in [4.78, 5) is 11.7. The van der Waals surface area contributed by atoms with Crippen LogP contribution in [-0.4, -0.2) is 5.91 Å². The van der Waals surface area contributed by atoms with Crippen molar-refractivity contribution >= 4 is 40.9 Å². The van der Waals surface area contributed by atoms with Gasteiger partial charge in [-0.05, 0) is 37.3 Å². The fraction of sp³-hybridized carbons (Fsp3) is 0.0714. The Morgan fingerprint density at radius 2 is 1.89 bits per heavy atom. The number of para-hydroxylation sites is 1. The van der Waals surface area contributed by atoms with Crippen molar-refractivity contribution in [2.24, 2.45) is 0 Å². The van der Waals surface area contributed by atoms with Gasteiger partial charge in [-0.2, -0.15) is 0 Å². The third kappa shape index (κ3) is 3.63. The van der Waals surface area contributed by atoms with Crippen LogP contribution in [0.2, 0.25) is 10.0 Å². The fourth-order valence-electron chi connectivity index (χ4n) is 1.48. The van der Waals surface area contributed by atoms with Gasteiger partial charge in [0.1, 0.15) is 11.5 Å². The zero-order valence-electron chi connectivity index (χ0n) is 10.1. The van der Waals surface area contributed by atoms with Gasteiger partial charge in [0.15, 0.2) is 0 Å². The quantitative estimate of drug-likeness (QED) is 0.844. The molecule has 0 saturated carbocycles. The molecule has 0 bridgehead atoms. The highest BCUT2D eigenvalue weighted by molar-refractivity contribution is 6.39. The number of benzene rings is 1. The van der Waals surface area contributed by atoms with Crippen molar-refractivity contribution in [3.63, 3.8) is 0 Å². The number of amides is 1. The Morgan fingerprint density at radius 3 is 2.47 bits per heavy atom. The number of carbonyl (C=O) groups is 1. The number of anilines is 1. The van der Waals surface area contributed by atoms with Gasteiger partial charge in [0.2, 0.25) is 5.91 Å². The van der Waals surface area contributed by atoms with Gasteiger partial charge in [0, 0.05) is 6.08 Å². The van der Waals surface area contributed by atoms with Gasteiger partial charge in [-0.25, -0.2) is 0 Å². The Bertz CT molecular complexity index is 612. The predicted octanol–water partition coefficient (Wildman–Crippen LogP) is 4.55. The normalized spacial score (nSPS) is 10.9. The number of carbonyl (C=O) groups excluding carboxylic acids is 1. The lowest BCUT2D eigenvalue weighted by atomic mass is 10.3. The number of nitrogens with one attached hydrogen (secondary N) is 1.